The standard InChI is InChI=1S/C17H25NO4/c1-14(2)18(10-12-19)11-13-22-16-7-4-15(5-8-16)6-9-17(20)21-3/h4-9,14,19H,10-13H2,1-3H3/b9-6+. The van der Waals surface area contributed by atoms with Crippen LogP contribution in [0.1, 0.15) is 19.4 Å². The van der Waals surface area contributed by atoms with Gasteiger partial charge in [-0.2, -0.15) is 0 Å². The van der Waals surface area contributed by atoms with E-state index in [0.29, 0.717) is 19.2 Å². The molecule has 5 heteroatoms. The fourth-order valence-corrected chi connectivity index (χ4v) is 1.94. The van der Waals surface area contributed by atoms with E-state index in [1.807, 2.05) is 24.3 Å². The van der Waals surface area contributed by atoms with Crippen molar-refractivity contribution in [1.82, 2.24) is 4.90 Å². The number of hydrogen-bond donors (Lipinski definition) is 1. The second-order valence-electron chi connectivity index (χ2n) is 5.13. The van der Waals surface area contributed by atoms with E-state index >= 15 is 0 Å². The number of methoxy groups -OCH3 is 1. The molecule has 0 aromatic heterocycles. The largest absolute Gasteiger partial charge is 0.492 e. The molecule has 0 heterocycles. The molecule has 1 aromatic carbocycles. The van der Waals surface area contributed by atoms with Crippen LogP contribution in [-0.4, -0.2) is 55.4 Å². The van der Waals surface area contributed by atoms with E-state index in [1.165, 1.54) is 13.2 Å². The van der Waals surface area contributed by atoms with E-state index in [4.69, 9.17) is 9.84 Å². The maximum absolute atomic E-state index is 11.0. The molecule has 122 valence electrons. The average molecular weight is 307 g/mol. The predicted octanol–water partition coefficient (Wildman–Crippen LogP) is 1.95. The summed E-state index contributed by atoms with van der Waals surface area (Å²) in [5, 5.41) is 9.02. The average Bonchev–Trinajstić information content (AvgIpc) is 2.52. The molecular weight excluding hydrogens is 282 g/mol. The summed E-state index contributed by atoms with van der Waals surface area (Å²) in [5.41, 5.74) is 0.904. The summed E-state index contributed by atoms with van der Waals surface area (Å²) >= 11 is 0. The maximum Gasteiger partial charge on any atom is 0.330 e. The van der Waals surface area contributed by atoms with Crippen LogP contribution in [0.2, 0.25) is 0 Å². The molecule has 22 heavy (non-hydrogen) atoms. The second-order valence-corrected chi connectivity index (χ2v) is 5.13. The first-order valence-corrected chi connectivity index (χ1v) is 7.40. The molecule has 0 saturated carbocycles. The Morgan fingerprint density at radius 2 is 1.95 bits per heavy atom. The number of aliphatic hydroxyl groups excluding tert-OH is 1. The minimum Gasteiger partial charge on any atom is -0.492 e. The van der Waals surface area contributed by atoms with Crippen molar-refractivity contribution in [3.05, 3.63) is 35.9 Å². The van der Waals surface area contributed by atoms with E-state index in [0.717, 1.165) is 17.9 Å². The molecule has 0 aliphatic heterocycles. The molecule has 1 rings (SSSR count). The van der Waals surface area contributed by atoms with Crippen molar-refractivity contribution in [1.29, 1.82) is 0 Å². The van der Waals surface area contributed by atoms with E-state index in [2.05, 4.69) is 23.5 Å². The molecule has 0 amide bonds. The fraction of sp³-hybridized carbons (Fsp3) is 0.471. The molecule has 0 atom stereocenters. The molecule has 5 nitrogen and oxygen atoms in total. The molecule has 1 N–H and O–H groups in total. The number of rotatable bonds is 9. The van der Waals surface area contributed by atoms with Gasteiger partial charge in [-0.05, 0) is 37.6 Å². The number of carbonyl (C=O) groups is 1. The first-order valence-electron chi connectivity index (χ1n) is 7.40. The molecule has 0 radical (unpaired) electrons. The lowest BCUT2D eigenvalue weighted by Crippen LogP contribution is -2.36. The lowest BCUT2D eigenvalue weighted by Gasteiger charge is -2.25. The molecule has 0 aliphatic carbocycles. The van der Waals surface area contributed by atoms with Crippen molar-refractivity contribution < 1.29 is 19.4 Å². The minimum absolute atomic E-state index is 0.152. The van der Waals surface area contributed by atoms with Gasteiger partial charge >= 0.3 is 5.97 Å². The van der Waals surface area contributed by atoms with Crippen molar-refractivity contribution in [2.45, 2.75) is 19.9 Å². The van der Waals surface area contributed by atoms with Crippen LogP contribution >= 0.6 is 0 Å². The van der Waals surface area contributed by atoms with Crippen molar-refractivity contribution in [2.24, 2.45) is 0 Å². The van der Waals surface area contributed by atoms with Gasteiger partial charge in [0.25, 0.3) is 0 Å². The Balaban J connectivity index is 2.44. The molecule has 0 unspecified atom stereocenters. The van der Waals surface area contributed by atoms with Gasteiger partial charge in [-0.25, -0.2) is 4.79 Å². The zero-order valence-corrected chi connectivity index (χ0v) is 13.5. The maximum atomic E-state index is 11.0. The Bertz CT molecular complexity index is 468. The molecule has 0 bridgehead atoms. The summed E-state index contributed by atoms with van der Waals surface area (Å²) in [6.07, 6.45) is 3.07. The predicted molar refractivity (Wildman–Crippen MR) is 86.8 cm³/mol. The van der Waals surface area contributed by atoms with Crippen LogP contribution in [0.15, 0.2) is 30.3 Å². The van der Waals surface area contributed by atoms with Gasteiger partial charge in [0.15, 0.2) is 0 Å². The quantitative estimate of drug-likeness (QED) is 0.558. The SMILES string of the molecule is COC(=O)/C=C/c1ccc(OCCN(CCO)C(C)C)cc1. The number of hydrogen-bond acceptors (Lipinski definition) is 5. The lowest BCUT2D eigenvalue weighted by molar-refractivity contribution is -0.134. The third-order valence-electron chi connectivity index (χ3n) is 3.26. The van der Waals surface area contributed by atoms with Crippen LogP contribution in [0.3, 0.4) is 0 Å². The van der Waals surface area contributed by atoms with Crippen molar-refractivity contribution >= 4 is 12.0 Å². The zero-order valence-electron chi connectivity index (χ0n) is 13.5. The number of nitrogens with zero attached hydrogens (tertiary/aromatic N) is 1. The minimum atomic E-state index is -0.377. The summed E-state index contributed by atoms with van der Waals surface area (Å²) in [6, 6.07) is 7.86. The normalized spacial score (nSPS) is 11.4. The summed E-state index contributed by atoms with van der Waals surface area (Å²) in [6.45, 7) is 6.33. The highest BCUT2D eigenvalue weighted by atomic mass is 16.5. The molecule has 0 saturated heterocycles. The monoisotopic (exact) mass is 307 g/mol. The van der Waals surface area contributed by atoms with Crippen LogP contribution in [0.4, 0.5) is 0 Å². The van der Waals surface area contributed by atoms with Crippen LogP contribution in [0.5, 0.6) is 5.75 Å². The number of carbonyl (C=O) groups excluding carboxylic acids is 1. The topological polar surface area (TPSA) is 59.0 Å². The third-order valence-corrected chi connectivity index (χ3v) is 3.26. The summed E-state index contributed by atoms with van der Waals surface area (Å²) in [7, 11) is 1.35. The van der Waals surface area contributed by atoms with E-state index in [9.17, 15) is 4.79 Å². The van der Waals surface area contributed by atoms with E-state index in [1.54, 1.807) is 6.08 Å². The highest BCUT2D eigenvalue weighted by Gasteiger charge is 2.08. The van der Waals surface area contributed by atoms with Gasteiger partial charge in [0, 0.05) is 25.2 Å². The summed E-state index contributed by atoms with van der Waals surface area (Å²) in [4.78, 5) is 13.2. The van der Waals surface area contributed by atoms with Crippen molar-refractivity contribution in [3.63, 3.8) is 0 Å². The number of esters is 1. The Labute approximate surface area is 132 Å². The first kappa shape index (κ1) is 18.2. The number of aliphatic hydroxyl groups is 1. The molecular formula is C17H25NO4. The van der Waals surface area contributed by atoms with Gasteiger partial charge < -0.3 is 14.6 Å². The van der Waals surface area contributed by atoms with E-state index in [-0.39, 0.29) is 12.6 Å². The summed E-state index contributed by atoms with van der Waals surface area (Å²) in [5.74, 6) is 0.404. The van der Waals surface area contributed by atoms with Crippen molar-refractivity contribution in [3.8, 4) is 5.75 Å². The van der Waals surface area contributed by atoms with Crippen LogP contribution in [-0.2, 0) is 9.53 Å². The van der Waals surface area contributed by atoms with Gasteiger partial charge in [-0.3, -0.25) is 4.90 Å². The van der Waals surface area contributed by atoms with Crippen LogP contribution < -0.4 is 4.74 Å². The third kappa shape index (κ3) is 6.74. The molecule has 0 fully saturated rings. The Hall–Kier alpha value is -1.85. The molecule has 0 aliphatic rings. The van der Waals surface area contributed by atoms with Crippen LogP contribution in [0.25, 0.3) is 6.08 Å². The van der Waals surface area contributed by atoms with E-state index < -0.39 is 0 Å². The Kier molecular flexibility index (Phi) is 8.25. The van der Waals surface area contributed by atoms with Gasteiger partial charge in [-0.1, -0.05) is 12.1 Å². The molecule has 0 spiro atoms. The highest BCUT2D eigenvalue weighted by molar-refractivity contribution is 5.86. The zero-order chi connectivity index (χ0) is 16.4. The summed E-state index contributed by atoms with van der Waals surface area (Å²) < 4.78 is 10.2. The number of benzene rings is 1. The van der Waals surface area contributed by atoms with Crippen molar-refractivity contribution in [2.75, 3.05) is 33.4 Å². The smallest absolute Gasteiger partial charge is 0.330 e. The van der Waals surface area contributed by atoms with Gasteiger partial charge in [0.05, 0.1) is 13.7 Å². The first-order chi connectivity index (χ1) is 10.6. The Morgan fingerprint density at radius 3 is 2.50 bits per heavy atom. The van der Waals surface area contributed by atoms with Gasteiger partial charge in [-0.15, -0.1) is 0 Å². The molecule has 1 aromatic rings. The fourth-order valence-electron chi connectivity index (χ4n) is 1.94. The van der Waals surface area contributed by atoms with Gasteiger partial charge in [0.1, 0.15) is 12.4 Å². The Morgan fingerprint density at radius 1 is 1.27 bits per heavy atom. The second kappa shape index (κ2) is 9.97. The van der Waals surface area contributed by atoms with Crippen LogP contribution in [0, 0.1) is 0 Å². The van der Waals surface area contributed by atoms with Gasteiger partial charge in [0.2, 0.25) is 0 Å². The number of ether oxygens (including phenoxy) is 2. The highest BCUT2D eigenvalue weighted by Crippen LogP contribution is 2.13. The lowest BCUT2D eigenvalue weighted by atomic mass is 10.2.